The Labute approximate surface area is 82.9 Å². The largest absolute Gasteiger partial charge is 0.412 e. The Morgan fingerprint density at radius 2 is 1.50 bits per heavy atom. The van der Waals surface area contributed by atoms with E-state index in [9.17, 15) is 0 Å². The third-order valence-electron chi connectivity index (χ3n) is 1.33. The topological polar surface area (TPSA) is 43.5 Å². The Morgan fingerprint density at radius 1 is 1.00 bits per heavy atom. The van der Waals surface area contributed by atoms with E-state index in [1.54, 1.807) is 0 Å². The summed E-state index contributed by atoms with van der Waals surface area (Å²) in [5.41, 5.74) is 0. The monoisotopic (exact) mass is 195 g/mol. The molecule has 2 nitrogen and oxygen atoms in total. The Morgan fingerprint density at radius 3 is 1.92 bits per heavy atom. The summed E-state index contributed by atoms with van der Waals surface area (Å²) in [5.74, 6) is 1.04. The highest BCUT2D eigenvalue weighted by Crippen LogP contribution is 1.98. The number of thiol groups is 1. The highest BCUT2D eigenvalue weighted by Gasteiger charge is 1.85. The Bertz CT molecular complexity index is 47.8. The van der Waals surface area contributed by atoms with Gasteiger partial charge >= 0.3 is 0 Å². The van der Waals surface area contributed by atoms with Gasteiger partial charge in [0.2, 0.25) is 0 Å². The minimum absolute atomic E-state index is 0. The average molecular weight is 195 g/mol. The van der Waals surface area contributed by atoms with Crippen molar-refractivity contribution >= 4 is 12.6 Å². The predicted molar refractivity (Wildman–Crippen MR) is 61.2 cm³/mol. The van der Waals surface area contributed by atoms with Crippen LogP contribution < -0.4 is 5.32 Å². The quantitative estimate of drug-likeness (QED) is 0.493. The first kappa shape index (κ1) is 18.1. The van der Waals surface area contributed by atoms with E-state index in [0.717, 1.165) is 12.3 Å². The summed E-state index contributed by atoms with van der Waals surface area (Å²) in [5, 5.41) is 3.13. The number of rotatable bonds is 6. The van der Waals surface area contributed by atoms with Gasteiger partial charge in [-0.05, 0) is 32.2 Å². The van der Waals surface area contributed by atoms with Gasteiger partial charge in [0.25, 0.3) is 0 Å². The third-order valence-corrected chi connectivity index (χ3v) is 1.65. The van der Waals surface area contributed by atoms with Crippen molar-refractivity contribution in [1.82, 2.24) is 5.32 Å². The van der Waals surface area contributed by atoms with Crippen LogP contribution in [0.25, 0.3) is 0 Å². The maximum atomic E-state index is 4.13. The lowest BCUT2D eigenvalue weighted by atomic mass is 10.2. The van der Waals surface area contributed by atoms with Crippen molar-refractivity contribution in [3.05, 3.63) is 0 Å². The zero-order valence-corrected chi connectivity index (χ0v) is 9.58. The smallest absolute Gasteiger partial charge is 0.00519 e. The molecule has 0 unspecified atom stereocenters. The molecule has 0 aliphatic heterocycles. The van der Waals surface area contributed by atoms with Crippen LogP contribution in [0.3, 0.4) is 0 Å². The molecule has 0 saturated heterocycles. The van der Waals surface area contributed by atoms with E-state index in [1.165, 1.54) is 25.7 Å². The summed E-state index contributed by atoms with van der Waals surface area (Å²) in [4.78, 5) is 0. The van der Waals surface area contributed by atoms with Gasteiger partial charge in [-0.15, -0.1) is 0 Å². The molecule has 0 aromatic carbocycles. The van der Waals surface area contributed by atoms with E-state index in [0.29, 0.717) is 0 Å². The third kappa shape index (κ3) is 22.4. The van der Waals surface area contributed by atoms with E-state index >= 15 is 0 Å². The average Bonchev–Trinajstić information content (AvgIpc) is 2.08. The van der Waals surface area contributed by atoms with Crippen LogP contribution >= 0.6 is 12.6 Å². The molecule has 3 N–H and O–H groups in total. The van der Waals surface area contributed by atoms with Gasteiger partial charge in [0.05, 0.1) is 0 Å². The molecule has 0 saturated carbocycles. The molecule has 3 heteroatoms. The summed E-state index contributed by atoms with van der Waals surface area (Å²) in [6.07, 6.45) is 5.27. The zero-order chi connectivity index (χ0) is 8.95. The van der Waals surface area contributed by atoms with Crippen LogP contribution in [0, 0.1) is 0 Å². The second-order valence-electron chi connectivity index (χ2n) is 2.24. The molecule has 0 aromatic rings. The van der Waals surface area contributed by atoms with Crippen molar-refractivity contribution in [2.75, 3.05) is 19.3 Å². The molecule has 0 aliphatic carbocycles. The van der Waals surface area contributed by atoms with Crippen molar-refractivity contribution in [2.45, 2.75) is 39.5 Å². The van der Waals surface area contributed by atoms with Crippen molar-refractivity contribution < 1.29 is 5.48 Å². The van der Waals surface area contributed by atoms with E-state index in [-0.39, 0.29) is 5.48 Å². The molecule has 0 heterocycles. The summed E-state index contributed by atoms with van der Waals surface area (Å²) in [6, 6.07) is 0. The molecule has 0 aliphatic rings. The minimum Gasteiger partial charge on any atom is -0.412 e. The van der Waals surface area contributed by atoms with Gasteiger partial charge in [0, 0.05) is 0 Å². The Hall–Kier alpha value is 0.270. The van der Waals surface area contributed by atoms with Crippen LogP contribution in [-0.2, 0) is 0 Å². The molecule has 12 heavy (non-hydrogen) atoms. The van der Waals surface area contributed by atoms with E-state index in [1.807, 2.05) is 20.9 Å². The minimum atomic E-state index is 0. The van der Waals surface area contributed by atoms with Gasteiger partial charge in [-0.1, -0.05) is 26.7 Å². The van der Waals surface area contributed by atoms with Crippen molar-refractivity contribution in [1.29, 1.82) is 0 Å². The SMILES string of the molecule is CC.CNCCCCCCS.O. The lowest BCUT2D eigenvalue weighted by Gasteiger charge is -1.97. The molecule has 0 aromatic heterocycles. The molecular weight excluding hydrogens is 170 g/mol. The van der Waals surface area contributed by atoms with Gasteiger partial charge in [-0.3, -0.25) is 0 Å². The van der Waals surface area contributed by atoms with Gasteiger partial charge in [-0.25, -0.2) is 0 Å². The van der Waals surface area contributed by atoms with Crippen molar-refractivity contribution in [3.8, 4) is 0 Å². The summed E-state index contributed by atoms with van der Waals surface area (Å²) in [6.45, 7) is 5.16. The van der Waals surface area contributed by atoms with E-state index in [4.69, 9.17) is 0 Å². The van der Waals surface area contributed by atoms with E-state index in [2.05, 4.69) is 17.9 Å². The molecule has 0 amide bonds. The molecule has 0 fully saturated rings. The van der Waals surface area contributed by atoms with Crippen LogP contribution in [0.1, 0.15) is 39.5 Å². The predicted octanol–water partition coefficient (Wildman–Crippen LogP) is 1.90. The molecule has 0 spiro atoms. The lowest BCUT2D eigenvalue weighted by Crippen LogP contribution is -2.06. The highest BCUT2D eigenvalue weighted by atomic mass is 32.1. The maximum Gasteiger partial charge on any atom is -0.00519 e. The Kier molecular flexibility index (Phi) is 34.0. The second kappa shape index (κ2) is 22.5. The Balaban J connectivity index is -0.000000249. The maximum absolute atomic E-state index is 4.13. The van der Waals surface area contributed by atoms with Gasteiger partial charge < -0.3 is 10.8 Å². The van der Waals surface area contributed by atoms with Gasteiger partial charge in [0.1, 0.15) is 0 Å². The fourth-order valence-electron chi connectivity index (χ4n) is 0.767. The van der Waals surface area contributed by atoms with Gasteiger partial charge in [-0.2, -0.15) is 12.6 Å². The number of unbranched alkanes of at least 4 members (excludes halogenated alkanes) is 3. The first-order chi connectivity index (χ1) is 5.41. The zero-order valence-electron chi connectivity index (χ0n) is 8.69. The van der Waals surface area contributed by atoms with E-state index < -0.39 is 0 Å². The molecule has 0 atom stereocenters. The molecule has 78 valence electrons. The summed E-state index contributed by atoms with van der Waals surface area (Å²) < 4.78 is 0. The second-order valence-corrected chi connectivity index (χ2v) is 2.69. The fraction of sp³-hybridized carbons (Fsp3) is 1.00. The number of hydrogen-bond donors (Lipinski definition) is 2. The first-order valence-electron chi connectivity index (χ1n) is 4.67. The number of nitrogens with one attached hydrogen (secondary N) is 1. The van der Waals surface area contributed by atoms with Crippen LogP contribution in [0.5, 0.6) is 0 Å². The standard InChI is InChI=1S/C7H17NS.C2H6.H2O/c1-8-6-4-2-3-5-7-9;1-2;/h8-9H,2-7H2,1H3;1-2H3;1H2. The molecule has 0 rings (SSSR count). The van der Waals surface area contributed by atoms with Gasteiger partial charge in [0.15, 0.2) is 0 Å². The van der Waals surface area contributed by atoms with Crippen LogP contribution in [0.4, 0.5) is 0 Å². The summed E-state index contributed by atoms with van der Waals surface area (Å²) >= 11 is 4.13. The molecular formula is C9H25NOS. The molecule has 0 bridgehead atoms. The van der Waals surface area contributed by atoms with Crippen LogP contribution in [0.15, 0.2) is 0 Å². The first-order valence-corrected chi connectivity index (χ1v) is 5.30. The molecule has 0 radical (unpaired) electrons. The van der Waals surface area contributed by atoms with Crippen molar-refractivity contribution in [3.63, 3.8) is 0 Å². The lowest BCUT2D eigenvalue weighted by molar-refractivity contribution is 0.637. The van der Waals surface area contributed by atoms with Crippen LogP contribution in [0.2, 0.25) is 0 Å². The fourth-order valence-corrected chi connectivity index (χ4v) is 0.991. The number of hydrogen-bond acceptors (Lipinski definition) is 2. The summed E-state index contributed by atoms with van der Waals surface area (Å²) in [7, 11) is 2.00. The normalized spacial score (nSPS) is 8.00. The van der Waals surface area contributed by atoms with Crippen molar-refractivity contribution in [2.24, 2.45) is 0 Å². The highest BCUT2D eigenvalue weighted by molar-refractivity contribution is 7.80. The van der Waals surface area contributed by atoms with Crippen LogP contribution in [-0.4, -0.2) is 24.8 Å².